The fourth-order valence-electron chi connectivity index (χ4n) is 2.32. The molecule has 120 valence electrons. The maximum absolute atomic E-state index is 9.89. The SMILES string of the molecule is Cc1ccc(Oc2ccc3ncn(CCC(C)(C)O)c3c2)cn1. The van der Waals surface area contributed by atoms with Crippen LogP contribution in [0, 0.1) is 6.92 Å². The van der Waals surface area contributed by atoms with E-state index in [4.69, 9.17) is 4.74 Å². The van der Waals surface area contributed by atoms with Gasteiger partial charge in [0.2, 0.25) is 0 Å². The van der Waals surface area contributed by atoms with Crippen molar-refractivity contribution in [2.24, 2.45) is 0 Å². The monoisotopic (exact) mass is 311 g/mol. The molecule has 1 N–H and O–H groups in total. The molecule has 0 amide bonds. The smallest absolute Gasteiger partial charge is 0.145 e. The Morgan fingerprint density at radius 1 is 1.13 bits per heavy atom. The number of aryl methyl sites for hydroxylation is 2. The lowest BCUT2D eigenvalue weighted by molar-refractivity contribution is 0.0665. The van der Waals surface area contributed by atoms with E-state index in [1.165, 1.54) is 0 Å². The Bertz CT molecular complexity index is 801. The maximum Gasteiger partial charge on any atom is 0.145 e. The second kappa shape index (κ2) is 6.01. The molecule has 0 aliphatic carbocycles. The van der Waals surface area contributed by atoms with Gasteiger partial charge in [-0.2, -0.15) is 0 Å². The van der Waals surface area contributed by atoms with E-state index in [2.05, 4.69) is 9.97 Å². The van der Waals surface area contributed by atoms with Crippen molar-refractivity contribution >= 4 is 11.0 Å². The van der Waals surface area contributed by atoms with Crippen LogP contribution in [0.3, 0.4) is 0 Å². The van der Waals surface area contributed by atoms with E-state index in [0.29, 0.717) is 18.7 Å². The Kier molecular flexibility index (Phi) is 4.05. The number of fused-ring (bicyclic) bond motifs is 1. The number of rotatable bonds is 5. The Labute approximate surface area is 135 Å². The minimum absolute atomic E-state index is 0.658. The summed E-state index contributed by atoms with van der Waals surface area (Å²) in [5.41, 5.74) is 2.16. The van der Waals surface area contributed by atoms with Gasteiger partial charge in [-0.3, -0.25) is 4.98 Å². The van der Waals surface area contributed by atoms with E-state index in [1.807, 2.05) is 55.7 Å². The molecule has 2 aromatic heterocycles. The van der Waals surface area contributed by atoms with Crippen molar-refractivity contribution in [2.75, 3.05) is 0 Å². The summed E-state index contributed by atoms with van der Waals surface area (Å²) < 4.78 is 7.89. The van der Waals surface area contributed by atoms with Crippen LogP contribution in [0.25, 0.3) is 11.0 Å². The van der Waals surface area contributed by atoms with Crippen LogP contribution >= 0.6 is 0 Å². The van der Waals surface area contributed by atoms with Gasteiger partial charge < -0.3 is 14.4 Å². The zero-order valence-electron chi connectivity index (χ0n) is 13.7. The van der Waals surface area contributed by atoms with E-state index in [-0.39, 0.29) is 0 Å². The van der Waals surface area contributed by atoms with E-state index in [9.17, 15) is 5.11 Å². The minimum atomic E-state index is -0.696. The third-order valence-corrected chi connectivity index (χ3v) is 3.68. The van der Waals surface area contributed by atoms with Crippen LogP contribution in [0.2, 0.25) is 0 Å². The molecule has 3 rings (SSSR count). The first-order valence-electron chi connectivity index (χ1n) is 7.68. The highest BCUT2D eigenvalue weighted by atomic mass is 16.5. The molecule has 0 saturated carbocycles. The van der Waals surface area contributed by atoms with Gasteiger partial charge in [-0.15, -0.1) is 0 Å². The third kappa shape index (κ3) is 3.87. The number of hydrogen-bond donors (Lipinski definition) is 1. The lowest BCUT2D eigenvalue weighted by Gasteiger charge is -2.17. The first-order valence-corrected chi connectivity index (χ1v) is 7.68. The molecule has 0 radical (unpaired) electrons. The van der Waals surface area contributed by atoms with Crippen LogP contribution in [0.1, 0.15) is 26.0 Å². The molecule has 0 bridgehead atoms. The number of aliphatic hydroxyl groups is 1. The predicted molar refractivity (Wildman–Crippen MR) is 89.7 cm³/mol. The fraction of sp³-hybridized carbons (Fsp3) is 0.333. The molecule has 1 aromatic carbocycles. The summed E-state index contributed by atoms with van der Waals surface area (Å²) in [6, 6.07) is 9.62. The lowest BCUT2D eigenvalue weighted by Crippen LogP contribution is -2.20. The van der Waals surface area contributed by atoms with Crippen molar-refractivity contribution in [3.63, 3.8) is 0 Å². The zero-order chi connectivity index (χ0) is 16.4. The predicted octanol–water partition coefficient (Wildman–Crippen LogP) is 3.69. The molecular weight excluding hydrogens is 290 g/mol. The highest BCUT2D eigenvalue weighted by molar-refractivity contribution is 5.77. The number of imidazole rings is 1. The average molecular weight is 311 g/mol. The van der Waals surface area contributed by atoms with Crippen LogP contribution in [0.15, 0.2) is 42.9 Å². The van der Waals surface area contributed by atoms with E-state index in [0.717, 1.165) is 22.5 Å². The van der Waals surface area contributed by atoms with Crippen molar-refractivity contribution in [3.8, 4) is 11.5 Å². The highest BCUT2D eigenvalue weighted by Gasteiger charge is 2.13. The number of benzene rings is 1. The molecule has 0 fully saturated rings. The van der Waals surface area contributed by atoms with Gasteiger partial charge in [-0.25, -0.2) is 4.98 Å². The molecule has 0 aliphatic heterocycles. The van der Waals surface area contributed by atoms with Gasteiger partial charge in [0.25, 0.3) is 0 Å². The topological polar surface area (TPSA) is 60.2 Å². The van der Waals surface area contributed by atoms with Crippen LogP contribution in [-0.2, 0) is 6.54 Å². The van der Waals surface area contributed by atoms with Gasteiger partial charge in [-0.05, 0) is 51.5 Å². The van der Waals surface area contributed by atoms with Crippen molar-refractivity contribution in [1.82, 2.24) is 14.5 Å². The summed E-state index contributed by atoms with van der Waals surface area (Å²) >= 11 is 0. The van der Waals surface area contributed by atoms with Crippen LogP contribution in [0.5, 0.6) is 11.5 Å². The molecule has 0 aliphatic rings. The summed E-state index contributed by atoms with van der Waals surface area (Å²) in [4.78, 5) is 8.62. The van der Waals surface area contributed by atoms with Crippen molar-refractivity contribution < 1.29 is 9.84 Å². The largest absolute Gasteiger partial charge is 0.456 e. The normalized spacial score (nSPS) is 11.8. The summed E-state index contributed by atoms with van der Waals surface area (Å²) in [5, 5.41) is 9.89. The lowest BCUT2D eigenvalue weighted by atomic mass is 10.1. The van der Waals surface area contributed by atoms with Crippen molar-refractivity contribution in [2.45, 2.75) is 39.3 Å². The molecule has 0 saturated heterocycles. The number of nitrogens with zero attached hydrogens (tertiary/aromatic N) is 3. The van der Waals surface area contributed by atoms with Crippen molar-refractivity contribution in [3.05, 3.63) is 48.5 Å². The molecule has 0 spiro atoms. The Morgan fingerprint density at radius 2 is 1.91 bits per heavy atom. The molecule has 2 heterocycles. The quantitative estimate of drug-likeness (QED) is 0.780. The number of hydrogen-bond acceptors (Lipinski definition) is 4. The second-order valence-corrected chi connectivity index (χ2v) is 6.39. The van der Waals surface area contributed by atoms with Gasteiger partial charge in [0.15, 0.2) is 0 Å². The van der Waals surface area contributed by atoms with Gasteiger partial charge >= 0.3 is 0 Å². The molecule has 0 atom stereocenters. The molecule has 5 heteroatoms. The summed E-state index contributed by atoms with van der Waals surface area (Å²) in [6.45, 7) is 6.27. The summed E-state index contributed by atoms with van der Waals surface area (Å²) in [7, 11) is 0. The first-order chi connectivity index (χ1) is 10.9. The average Bonchev–Trinajstić information content (AvgIpc) is 2.89. The highest BCUT2D eigenvalue weighted by Crippen LogP contribution is 2.25. The Morgan fingerprint density at radius 3 is 2.61 bits per heavy atom. The standard InChI is InChI=1S/C18H21N3O2/c1-13-4-5-15(11-19-13)23-14-6-7-16-17(10-14)21(12-20-16)9-8-18(2,3)22/h4-7,10-12,22H,8-9H2,1-3H3. The number of pyridine rings is 1. The fourth-order valence-corrected chi connectivity index (χ4v) is 2.32. The third-order valence-electron chi connectivity index (χ3n) is 3.68. The zero-order valence-corrected chi connectivity index (χ0v) is 13.7. The number of ether oxygens (including phenoxy) is 1. The molecule has 0 unspecified atom stereocenters. The van der Waals surface area contributed by atoms with Gasteiger partial charge in [-0.1, -0.05) is 0 Å². The van der Waals surface area contributed by atoms with Gasteiger partial charge in [0, 0.05) is 18.3 Å². The van der Waals surface area contributed by atoms with Crippen LogP contribution in [-0.4, -0.2) is 25.2 Å². The van der Waals surface area contributed by atoms with Crippen LogP contribution in [0.4, 0.5) is 0 Å². The Balaban J connectivity index is 1.83. The van der Waals surface area contributed by atoms with E-state index < -0.39 is 5.60 Å². The molecular formula is C18H21N3O2. The first kappa shape index (κ1) is 15.5. The van der Waals surface area contributed by atoms with E-state index >= 15 is 0 Å². The van der Waals surface area contributed by atoms with E-state index in [1.54, 1.807) is 12.5 Å². The number of aromatic nitrogens is 3. The van der Waals surface area contributed by atoms with Crippen LogP contribution < -0.4 is 4.74 Å². The molecule has 5 nitrogen and oxygen atoms in total. The Hall–Kier alpha value is -2.40. The molecule has 23 heavy (non-hydrogen) atoms. The van der Waals surface area contributed by atoms with Crippen molar-refractivity contribution in [1.29, 1.82) is 0 Å². The molecule has 3 aromatic rings. The van der Waals surface area contributed by atoms with Gasteiger partial charge in [0.1, 0.15) is 11.5 Å². The summed E-state index contributed by atoms with van der Waals surface area (Å²) in [5.74, 6) is 1.45. The summed E-state index contributed by atoms with van der Waals surface area (Å²) in [6.07, 6.45) is 4.17. The maximum atomic E-state index is 9.89. The van der Waals surface area contributed by atoms with Gasteiger partial charge in [0.05, 0.1) is 29.2 Å². The second-order valence-electron chi connectivity index (χ2n) is 6.39. The minimum Gasteiger partial charge on any atom is -0.456 e.